The van der Waals surface area contributed by atoms with Gasteiger partial charge in [0.1, 0.15) is 5.75 Å². The molecule has 0 unspecified atom stereocenters. The van der Waals surface area contributed by atoms with Crippen molar-refractivity contribution in [1.29, 1.82) is 0 Å². The highest BCUT2D eigenvalue weighted by molar-refractivity contribution is 5.36. The molecule has 0 amide bonds. The van der Waals surface area contributed by atoms with Crippen molar-refractivity contribution in [1.82, 2.24) is 0 Å². The van der Waals surface area contributed by atoms with Crippen molar-refractivity contribution in [2.75, 3.05) is 7.11 Å². The summed E-state index contributed by atoms with van der Waals surface area (Å²) in [7, 11) is 1.68. The molecule has 0 saturated heterocycles. The van der Waals surface area contributed by atoms with Crippen LogP contribution in [0.5, 0.6) is 5.75 Å². The summed E-state index contributed by atoms with van der Waals surface area (Å²) in [5, 5.41) is 0. The van der Waals surface area contributed by atoms with Gasteiger partial charge in [-0.2, -0.15) is 0 Å². The van der Waals surface area contributed by atoms with Crippen LogP contribution in [0.4, 0.5) is 0 Å². The molecule has 0 radical (unpaired) electrons. The van der Waals surface area contributed by atoms with Crippen molar-refractivity contribution < 1.29 is 6.11 Å². The maximum absolute atomic E-state index is 7.20. The molecule has 0 atom stereocenters. The van der Waals surface area contributed by atoms with Crippen LogP contribution in [0.1, 0.15) is 19.4 Å². The van der Waals surface area contributed by atoms with E-state index < -0.39 is 0 Å². The second-order valence-corrected chi connectivity index (χ2v) is 2.50. The zero-order valence-corrected chi connectivity index (χ0v) is 7.05. The molecule has 0 aliphatic rings. The zero-order valence-electron chi connectivity index (χ0n) is 8.05. The van der Waals surface area contributed by atoms with Gasteiger partial charge in [0.25, 0.3) is 0 Å². The van der Waals surface area contributed by atoms with Gasteiger partial charge in [-0.3, -0.25) is 0 Å². The standard InChI is InChI=1S/C10H14O/c1-4-9-7-8(2)5-6-10(9)11-3/h5-7H,4H2,1-3H3/i2D. The summed E-state index contributed by atoms with van der Waals surface area (Å²) < 4.78 is 12.4. The van der Waals surface area contributed by atoms with Crippen LogP contribution in [0.15, 0.2) is 18.2 Å². The van der Waals surface area contributed by atoms with Gasteiger partial charge >= 0.3 is 0 Å². The average molecular weight is 151 g/mol. The molecule has 0 heterocycles. The van der Waals surface area contributed by atoms with Gasteiger partial charge in [0, 0.05) is 1.37 Å². The fourth-order valence-electron chi connectivity index (χ4n) is 1.11. The Morgan fingerprint density at radius 1 is 1.55 bits per heavy atom. The SMILES string of the molecule is [2H]Cc1ccc(OC)c(CC)c1. The van der Waals surface area contributed by atoms with Crippen molar-refractivity contribution >= 4 is 0 Å². The lowest BCUT2D eigenvalue weighted by Gasteiger charge is -2.06. The second kappa shape index (κ2) is 3.42. The molecule has 0 bridgehead atoms. The number of aryl methyl sites for hydroxylation is 2. The van der Waals surface area contributed by atoms with Crippen LogP contribution >= 0.6 is 0 Å². The highest BCUT2D eigenvalue weighted by atomic mass is 16.5. The summed E-state index contributed by atoms with van der Waals surface area (Å²) in [4.78, 5) is 0. The Hall–Kier alpha value is -0.980. The summed E-state index contributed by atoms with van der Waals surface area (Å²) in [6.07, 6.45) is 0.955. The Morgan fingerprint density at radius 2 is 2.36 bits per heavy atom. The van der Waals surface area contributed by atoms with E-state index in [1.54, 1.807) is 7.11 Å². The summed E-state index contributed by atoms with van der Waals surface area (Å²) >= 11 is 0. The van der Waals surface area contributed by atoms with E-state index in [2.05, 4.69) is 6.92 Å². The largest absolute Gasteiger partial charge is 0.496 e. The zero-order chi connectivity index (χ0) is 8.97. The smallest absolute Gasteiger partial charge is 0.122 e. The van der Waals surface area contributed by atoms with Gasteiger partial charge in [0.2, 0.25) is 0 Å². The van der Waals surface area contributed by atoms with Crippen LogP contribution in [0.2, 0.25) is 0 Å². The molecule has 0 aliphatic heterocycles. The van der Waals surface area contributed by atoms with Gasteiger partial charge in [-0.1, -0.05) is 24.6 Å². The molecular formula is C10H14O. The van der Waals surface area contributed by atoms with Crippen LogP contribution in [0, 0.1) is 6.90 Å². The predicted octanol–water partition coefficient (Wildman–Crippen LogP) is 2.57. The van der Waals surface area contributed by atoms with Crippen LogP contribution in [0.25, 0.3) is 0 Å². The van der Waals surface area contributed by atoms with Gasteiger partial charge in [0.15, 0.2) is 0 Å². The first-order valence-electron chi connectivity index (χ1n) is 4.47. The number of hydrogen-bond donors (Lipinski definition) is 0. The van der Waals surface area contributed by atoms with E-state index in [0.717, 1.165) is 17.7 Å². The summed E-state index contributed by atoms with van der Waals surface area (Å²) in [5.41, 5.74) is 2.23. The third kappa shape index (κ3) is 1.73. The Bertz CT molecular complexity index is 258. The van der Waals surface area contributed by atoms with E-state index in [4.69, 9.17) is 6.11 Å². The van der Waals surface area contributed by atoms with E-state index in [9.17, 15) is 0 Å². The molecule has 1 nitrogen and oxygen atoms in total. The Morgan fingerprint density at radius 3 is 2.91 bits per heavy atom. The van der Waals surface area contributed by atoms with Gasteiger partial charge in [-0.05, 0) is 25.0 Å². The summed E-state index contributed by atoms with van der Waals surface area (Å²) in [5.74, 6) is 0.926. The normalized spacial score (nSPS) is 10.9. The van der Waals surface area contributed by atoms with Crippen molar-refractivity contribution in [3.63, 3.8) is 0 Å². The first-order chi connectivity index (χ1) is 5.81. The molecular weight excluding hydrogens is 136 g/mol. The van der Waals surface area contributed by atoms with Gasteiger partial charge in [-0.25, -0.2) is 0 Å². The molecule has 1 heteroatoms. The first-order valence-corrected chi connectivity index (χ1v) is 3.76. The number of methoxy groups -OCH3 is 1. The average Bonchev–Trinajstić information content (AvgIpc) is 2.16. The second-order valence-electron chi connectivity index (χ2n) is 2.50. The number of ether oxygens (including phenoxy) is 1. The minimum absolute atomic E-state index is 0.344. The Kier molecular flexibility index (Phi) is 2.09. The van der Waals surface area contributed by atoms with Crippen molar-refractivity contribution in [2.45, 2.75) is 20.2 Å². The molecule has 0 N–H and O–H groups in total. The summed E-state index contributed by atoms with van der Waals surface area (Å²) in [6, 6.07) is 5.90. The van der Waals surface area contributed by atoms with Crippen molar-refractivity contribution in [2.24, 2.45) is 0 Å². The quantitative estimate of drug-likeness (QED) is 0.631. The highest BCUT2D eigenvalue weighted by Crippen LogP contribution is 2.19. The van der Waals surface area contributed by atoms with Gasteiger partial charge in [0.05, 0.1) is 7.11 Å². The first kappa shape index (κ1) is 6.71. The van der Waals surface area contributed by atoms with E-state index in [-0.39, 0.29) is 0 Å². The summed E-state index contributed by atoms with van der Waals surface area (Å²) in [6.45, 7) is 2.43. The number of benzene rings is 1. The minimum atomic E-state index is 0.344. The Balaban J connectivity index is 3.02. The molecule has 11 heavy (non-hydrogen) atoms. The lowest BCUT2D eigenvalue weighted by molar-refractivity contribution is 0.410. The highest BCUT2D eigenvalue weighted by Gasteiger charge is 1.98. The van der Waals surface area contributed by atoms with Crippen LogP contribution in [-0.4, -0.2) is 7.11 Å². The molecule has 0 aliphatic carbocycles. The number of hydrogen-bond acceptors (Lipinski definition) is 1. The maximum atomic E-state index is 7.20. The molecule has 60 valence electrons. The molecule has 0 saturated carbocycles. The number of rotatable bonds is 2. The maximum Gasteiger partial charge on any atom is 0.122 e. The van der Waals surface area contributed by atoms with E-state index >= 15 is 0 Å². The van der Waals surface area contributed by atoms with Gasteiger partial charge < -0.3 is 4.74 Å². The fourth-order valence-corrected chi connectivity index (χ4v) is 1.11. The van der Waals surface area contributed by atoms with Crippen LogP contribution in [-0.2, 0) is 6.42 Å². The third-order valence-electron chi connectivity index (χ3n) is 1.73. The van der Waals surface area contributed by atoms with Crippen LogP contribution in [0.3, 0.4) is 0 Å². The third-order valence-corrected chi connectivity index (χ3v) is 1.73. The fraction of sp³-hybridized carbons (Fsp3) is 0.400. The van der Waals surface area contributed by atoms with E-state index in [0.29, 0.717) is 6.90 Å². The molecule has 0 aromatic heterocycles. The van der Waals surface area contributed by atoms with E-state index in [1.807, 2.05) is 18.2 Å². The van der Waals surface area contributed by atoms with E-state index in [1.165, 1.54) is 5.56 Å². The predicted molar refractivity (Wildman–Crippen MR) is 47.1 cm³/mol. The molecule has 1 aromatic rings. The topological polar surface area (TPSA) is 9.23 Å². The molecule has 1 rings (SSSR count). The lowest BCUT2D eigenvalue weighted by atomic mass is 10.1. The van der Waals surface area contributed by atoms with Crippen LogP contribution < -0.4 is 4.74 Å². The lowest BCUT2D eigenvalue weighted by Crippen LogP contribution is -1.90. The van der Waals surface area contributed by atoms with Gasteiger partial charge in [-0.15, -0.1) is 0 Å². The Labute approximate surface area is 69.4 Å². The minimum Gasteiger partial charge on any atom is -0.496 e. The monoisotopic (exact) mass is 151 g/mol. The molecule has 1 aromatic carbocycles. The van der Waals surface area contributed by atoms with Crippen molar-refractivity contribution in [3.8, 4) is 5.75 Å². The molecule has 0 fully saturated rings. The van der Waals surface area contributed by atoms with Crippen molar-refractivity contribution in [3.05, 3.63) is 29.3 Å². The molecule has 0 spiro atoms.